The fourth-order valence-electron chi connectivity index (χ4n) is 1.92. The molecule has 0 atom stereocenters. The first-order valence-corrected chi connectivity index (χ1v) is 7.50. The fraction of sp³-hybridized carbons (Fsp3) is 0.0625. The molecule has 8 heteroatoms. The summed E-state index contributed by atoms with van der Waals surface area (Å²) in [6.07, 6.45) is 0. The van der Waals surface area contributed by atoms with Gasteiger partial charge in [-0.2, -0.15) is 8.78 Å². The lowest BCUT2D eigenvalue weighted by molar-refractivity contribution is 0.259. The van der Waals surface area contributed by atoms with Gasteiger partial charge in [0.1, 0.15) is 17.4 Å². The number of rotatable bonds is 4. The van der Waals surface area contributed by atoms with Gasteiger partial charge in [-0.05, 0) is 24.3 Å². The Balaban J connectivity index is 1.78. The molecule has 0 saturated carbocycles. The van der Waals surface area contributed by atoms with Crippen LogP contribution in [0, 0.1) is 29.1 Å². The van der Waals surface area contributed by atoms with Gasteiger partial charge in [0.15, 0.2) is 17.4 Å². The zero-order valence-corrected chi connectivity index (χ0v) is 12.6. The SMILES string of the molecule is Fc1ccc(-c2nc(COc3c(F)c(F)cc(F)c3F)cs2)cc1. The van der Waals surface area contributed by atoms with Crippen molar-refractivity contribution in [1.82, 2.24) is 4.98 Å². The van der Waals surface area contributed by atoms with Crippen molar-refractivity contribution in [2.24, 2.45) is 0 Å². The van der Waals surface area contributed by atoms with E-state index in [0.717, 1.165) is 0 Å². The van der Waals surface area contributed by atoms with Gasteiger partial charge < -0.3 is 4.74 Å². The molecule has 24 heavy (non-hydrogen) atoms. The van der Waals surface area contributed by atoms with Gasteiger partial charge >= 0.3 is 0 Å². The molecule has 0 radical (unpaired) electrons. The zero-order valence-electron chi connectivity index (χ0n) is 11.8. The second-order valence-electron chi connectivity index (χ2n) is 4.74. The Bertz CT molecular complexity index is 853. The summed E-state index contributed by atoms with van der Waals surface area (Å²) in [5.74, 6) is -7.84. The maximum atomic E-state index is 13.5. The van der Waals surface area contributed by atoms with Crippen molar-refractivity contribution in [1.29, 1.82) is 0 Å². The number of benzene rings is 2. The minimum Gasteiger partial charge on any atom is -0.481 e. The Labute approximate surface area is 137 Å². The molecular formula is C16H8F5NOS. The van der Waals surface area contributed by atoms with Crippen molar-refractivity contribution < 1.29 is 26.7 Å². The summed E-state index contributed by atoms with van der Waals surface area (Å²) >= 11 is 1.21. The van der Waals surface area contributed by atoms with Crippen LogP contribution in [0.2, 0.25) is 0 Å². The normalized spacial score (nSPS) is 10.9. The van der Waals surface area contributed by atoms with Crippen LogP contribution in [0.5, 0.6) is 5.75 Å². The summed E-state index contributed by atoms with van der Waals surface area (Å²) < 4.78 is 70.9. The number of aromatic nitrogens is 1. The molecule has 1 aromatic heterocycles. The Morgan fingerprint density at radius 2 is 1.54 bits per heavy atom. The maximum absolute atomic E-state index is 13.5. The molecule has 0 unspecified atom stereocenters. The average Bonchev–Trinajstić information content (AvgIpc) is 3.02. The molecule has 124 valence electrons. The van der Waals surface area contributed by atoms with Gasteiger partial charge in [0.25, 0.3) is 0 Å². The molecule has 0 saturated heterocycles. The molecule has 2 aromatic carbocycles. The van der Waals surface area contributed by atoms with E-state index >= 15 is 0 Å². The Kier molecular flexibility index (Phi) is 4.48. The molecule has 3 aromatic rings. The van der Waals surface area contributed by atoms with Crippen LogP contribution >= 0.6 is 11.3 Å². The summed E-state index contributed by atoms with van der Waals surface area (Å²) in [4.78, 5) is 4.17. The van der Waals surface area contributed by atoms with Crippen LogP contribution in [-0.4, -0.2) is 4.98 Å². The minimum absolute atomic E-state index is 0.104. The van der Waals surface area contributed by atoms with Crippen LogP contribution in [0.25, 0.3) is 10.6 Å². The highest BCUT2D eigenvalue weighted by Crippen LogP contribution is 2.28. The Morgan fingerprint density at radius 3 is 2.17 bits per heavy atom. The molecule has 0 N–H and O–H groups in total. The van der Waals surface area contributed by atoms with Crippen molar-refractivity contribution in [3.8, 4) is 16.3 Å². The van der Waals surface area contributed by atoms with Gasteiger partial charge in [0.05, 0.1) is 5.69 Å². The minimum atomic E-state index is -1.61. The van der Waals surface area contributed by atoms with E-state index in [-0.39, 0.29) is 12.7 Å². The Hall–Kier alpha value is -2.48. The van der Waals surface area contributed by atoms with E-state index in [4.69, 9.17) is 4.74 Å². The van der Waals surface area contributed by atoms with Crippen LogP contribution < -0.4 is 4.74 Å². The molecule has 2 nitrogen and oxygen atoms in total. The highest BCUT2D eigenvalue weighted by atomic mass is 32.1. The van der Waals surface area contributed by atoms with Gasteiger partial charge in [-0.15, -0.1) is 11.3 Å². The molecule has 0 bridgehead atoms. The van der Waals surface area contributed by atoms with E-state index in [0.29, 0.717) is 16.3 Å². The highest BCUT2D eigenvalue weighted by molar-refractivity contribution is 7.13. The smallest absolute Gasteiger partial charge is 0.203 e. The van der Waals surface area contributed by atoms with Crippen LogP contribution in [0.4, 0.5) is 22.0 Å². The lowest BCUT2D eigenvalue weighted by atomic mass is 10.2. The third-order valence-electron chi connectivity index (χ3n) is 3.08. The lowest BCUT2D eigenvalue weighted by Crippen LogP contribution is -2.04. The predicted molar refractivity (Wildman–Crippen MR) is 78.1 cm³/mol. The third-order valence-corrected chi connectivity index (χ3v) is 4.02. The van der Waals surface area contributed by atoms with E-state index < -0.39 is 34.8 Å². The van der Waals surface area contributed by atoms with Crippen LogP contribution in [0.1, 0.15) is 5.69 Å². The van der Waals surface area contributed by atoms with Crippen LogP contribution in [0.3, 0.4) is 0 Å². The molecule has 0 aliphatic heterocycles. The predicted octanol–water partition coefficient (Wildman–Crippen LogP) is 5.08. The standard InChI is InChI=1S/C16H8F5NOS/c17-9-3-1-8(2-4-9)16-22-10(7-24-16)6-23-15-13(20)11(18)5-12(19)14(15)21/h1-5,7H,6H2. The maximum Gasteiger partial charge on any atom is 0.203 e. The van der Waals surface area contributed by atoms with Crippen molar-refractivity contribution in [3.63, 3.8) is 0 Å². The second kappa shape index (κ2) is 6.56. The summed E-state index contributed by atoms with van der Waals surface area (Å²) in [5.41, 5.74) is 0.963. The summed E-state index contributed by atoms with van der Waals surface area (Å²) in [7, 11) is 0. The van der Waals surface area contributed by atoms with Crippen molar-refractivity contribution >= 4 is 11.3 Å². The van der Waals surface area contributed by atoms with Crippen molar-refractivity contribution in [2.75, 3.05) is 0 Å². The van der Waals surface area contributed by atoms with Gasteiger partial charge in [-0.25, -0.2) is 18.2 Å². The van der Waals surface area contributed by atoms with E-state index in [9.17, 15) is 22.0 Å². The second-order valence-corrected chi connectivity index (χ2v) is 5.59. The quantitative estimate of drug-likeness (QED) is 0.480. The van der Waals surface area contributed by atoms with Gasteiger partial charge in [0, 0.05) is 17.0 Å². The van der Waals surface area contributed by atoms with Crippen molar-refractivity contribution in [2.45, 2.75) is 6.61 Å². The number of halogens is 5. The van der Waals surface area contributed by atoms with E-state index in [1.165, 1.54) is 35.6 Å². The number of hydrogen-bond donors (Lipinski definition) is 0. The molecule has 1 heterocycles. The number of nitrogens with zero attached hydrogens (tertiary/aromatic N) is 1. The van der Waals surface area contributed by atoms with E-state index in [1.54, 1.807) is 5.38 Å². The monoisotopic (exact) mass is 357 g/mol. The summed E-state index contributed by atoms with van der Waals surface area (Å²) in [5, 5.41) is 2.10. The average molecular weight is 357 g/mol. The molecule has 0 amide bonds. The summed E-state index contributed by atoms with van der Waals surface area (Å²) in [6.45, 7) is -0.381. The first-order chi connectivity index (χ1) is 11.5. The highest BCUT2D eigenvalue weighted by Gasteiger charge is 2.21. The number of ether oxygens (including phenoxy) is 1. The van der Waals surface area contributed by atoms with E-state index in [1.807, 2.05) is 0 Å². The van der Waals surface area contributed by atoms with Crippen LogP contribution in [0.15, 0.2) is 35.7 Å². The van der Waals surface area contributed by atoms with E-state index in [2.05, 4.69) is 4.98 Å². The third kappa shape index (κ3) is 3.23. The number of hydrogen-bond acceptors (Lipinski definition) is 3. The molecule has 3 rings (SSSR count). The first kappa shape index (κ1) is 16.4. The van der Waals surface area contributed by atoms with Gasteiger partial charge in [-0.3, -0.25) is 0 Å². The number of thiazole rings is 1. The topological polar surface area (TPSA) is 22.1 Å². The fourth-order valence-corrected chi connectivity index (χ4v) is 2.73. The largest absolute Gasteiger partial charge is 0.481 e. The molecule has 0 aliphatic rings. The van der Waals surface area contributed by atoms with Gasteiger partial charge in [-0.1, -0.05) is 0 Å². The Morgan fingerprint density at radius 1 is 0.917 bits per heavy atom. The zero-order chi connectivity index (χ0) is 17.3. The van der Waals surface area contributed by atoms with Crippen LogP contribution in [-0.2, 0) is 6.61 Å². The van der Waals surface area contributed by atoms with Crippen molar-refractivity contribution in [3.05, 3.63) is 70.5 Å². The van der Waals surface area contributed by atoms with Gasteiger partial charge in [0.2, 0.25) is 11.6 Å². The first-order valence-electron chi connectivity index (χ1n) is 6.62. The molecular weight excluding hydrogens is 349 g/mol. The molecule has 0 fully saturated rings. The lowest BCUT2D eigenvalue weighted by Gasteiger charge is -2.08. The molecule has 0 spiro atoms. The summed E-state index contributed by atoms with van der Waals surface area (Å²) in [6, 6.07) is 5.70. The molecule has 0 aliphatic carbocycles.